The van der Waals surface area contributed by atoms with E-state index in [0.717, 1.165) is 22.6 Å². The van der Waals surface area contributed by atoms with E-state index in [9.17, 15) is 0 Å². The van der Waals surface area contributed by atoms with Crippen LogP contribution in [0.1, 0.15) is 37.1 Å². The average molecular weight is 328 g/mol. The largest absolute Gasteiger partial charge is 0.496 e. The molecule has 0 amide bonds. The van der Waals surface area contributed by atoms with Gasteiger partial charge in [-0.25, -0.2) is 0 Å². The lowest BCUT2D eigenvalue weighted by Crippen LogP contribution is -2.37. The van der Waals surface area contributed by atoms with Crippen molar-refractivity contribution < 1.29 is 9.47 Å². The van der Waals surface area contributed by atoms with Crippen LogP contribution < -0.4 is 20.1 Å². The molecule has 24 heavy (non-hydrogen) atoms. The second-order valence-electron chi connectivity index (χ2n) is 6.05. The minimum atomic E-state index is 0.0415. The lowest BCUT2D eigenvalue weighted by molar-refractivity contribution is 0.340. The standard InChI is InChI=1S/C20H28N2O2/c1-14(2)22-20(16-11-7-9-13-18(16)24-5)19(21-3)15-10-6-8-12-17(15)23-4/h6-14,19-22H,1-5H3/t19-,20-/m1/s1. The van der Waals surface area contributed by atoms with Gasteiger partial charge in [0.1, 0.15) is 11.5 Å². The Hall–Kier alpha value is -2.04. The smallest absolute Gasteiger partial charge is 0.123 e. The maximum absolute atomic E-state index is 5.60. The summed E-state index contributed by atoms with van der Waals surface area (Å²) in [7, 11) is 5.39. The Morgan fingerprint density at radius 3 is 1.62 bits per heavy atom. The monoisotopic (exact) mass is 328 g/mol. The molecule has 0 unspecified atom stereocenters. The molecule has 2 rings (SSSR count). The molecule has 0 aromatic heterocycles. The summed E-state index contributed by atoms with van der Waals surface area (Å²) in [6.45, 7) is 4.30. The van der Waals surface area contributed by atoms with E-state index in [1.54, 1.807) is 14.2 Å². The van der Waals surface area contributed by atoms with Gasteiger partial charge in [0, 0.05) is 17.2 Å². The van der Waals surface area contributed by atoms with Gasteiger partial charge in [0.25, 0.3) is 0 Å². The topological polar surface area (TPSA) is 42.5 Å². The fraction of sp³-hybridized carbons (Fsp3) is 0.400. The number of likely N-dealkylation sites (N-methyl/N-ethyl adjacent to an activating group) is 1. The van der Waals surface area contributed by atoms with Crippen LogP contribution in [0, 0.1) is 0 Å². The third-order valence-electron chi connectivity index (χ3n) is 4.11. The van der Waals surface area contributed by atoms with Crippen LogP contribution in [0.4, 0.5) is 0 Å². The molecule has 0 aliphatic heterocycles. The van der Waals surface area contributed by atoms with Crippen LogP contribution in [0.5, 0.6) is 11.5 Å². The van der Waals surface area contributed by atoms with E-state index in [4.69, 9.17) is 9.47 Å². The zero-order chi connectivity index (χ0) is 17.5. The van der Waals surface area contributed by atoms with Crippen molar-refractivity contribution in [3.05, 3.63) is 59.7 Å². The lowest BCUT2D eigenvalue weighted by Gasteiger charge is -2.32. The van der Waals surface area contributed by atoms with E-state index >= 15 is 0 Å². The number of rotatable bonds is 8. The van der Waals surface area contributed by atoms with E-state index in [1.165, 1.54) is 0 Å². The van der Waals surface area contributed by atoms with Crippen LogP contribution in [0.15, 0.2) is 48.5 Å². The summed E-state index contributed by atoms with van der Waals surface area (Å²) < 4.78 is 11.2. The molecule has 0 saturated heterocycles. The van der Waals surface area contributed by atoms with Gasteiger partial charge in [-0.3, -0.25) is 0 Å². The predicted octanol–water partition coefficient (Wildman–Crippen LogP) is 3.70. The molecule has 0 bridgehead atoms. The zero-order valence-corrected chi connectivity index (χ0v) is 15.2. The lowest BCUT2D eigenvalue weighted by atomic mass is 9.91. The minimum Gasteiger partial charge on any atom is -0.496 e. The summed E-state index contributed by atoms with van der Waals surface area (Å²) in [4.78, 5) is 0. The Bertz CT molecular complexity index is 643. The summed E-state index contributed by atoms with van der Waals surface area (Å²) >= 11 is 0. The number of hydrogen-bond donors (Lipinski definition) is 2. The predicted molar refractivity (Wildman–Crippen MR) is 98.8 cm³/mol. The first-order valence-electron chi connectivity index (χ1n) is 8.31. The van der Waals surface area contributed by atoms with Gasteiger partial charge < -0.3 is 20.1 Å². The number of para-hydroxylation sites is 2. The van der Waals surface area contributed by atoms with Crippen LogP contribution in [0.3, 0.4) is 0 Å². The highest BCUT2D eigenvalue weighted by Crippen LogP contribution is 2.37. The van der Waals surface area contributed by atoms with Crippen molar-refractivity contribution in [2.45, 2.75) is 32.0 Å². The Kier molecular flexibility index (Phi) is 6.64. The van der Waals surface area contributed by atoms with E-state index in [-0.39, 0.29) is 12.1 Å². The summed E-state index contributed by atoms with van der Waals surface area (Å²) in [6.07, 6.45) is 0. The Morgan fingerprint density at radius 2 is 1.21 bits per heavy atom. The summed E-state index contributed by atoms with van der Waals surface area (Å²) in [5.41, 5.74) is 2.24. The van der Waals surface area contributed by atoms with Crippen LogP contribution >= 0.6 is 0 Å². The molecule has 0 spiro atoms. The van der Waals surface area contributed by atoms with Gasteiger partial charge in [-0.1, -0.05) is 50.2 Å². The molecule has 4 heteroatoms. The summed E-state index contributed by atoms with van der Waals surface area (Å²) in [5.74, 6) is 1.76. The van der Waals surface area contributed by atoms with Gasteiger partial charge in [0.2, 0.25) is 0 Å². The first kappa shape index (κ1) is 18.3. The number of ether oxygens (including phenoxy) is 2. The van der Waals surface area contributed by atoms with E-state index in [2.05, 4.69) is 36.6 Å². The molecular weight excluding hydrogens is 300 g/mol. The fourth-order valence-corrected chi connectivity index (χ4v) is 3.07. The third kappa shape index (κ3) is 4.08. The molecule has 0 heterocycles. The molecule has 0 fully saturated rings. The molecule has 0 aliphatic rings. The zero-order valence-electron chi connectivity index (χ0n) is 15.2. The molecule has 0 aliphatic carbocycles. The Morgan fingerprint density at radius 1 is 0.750 bits per heavy atom. The molecule has 4 nitrogen and oxygen atoms in total. The van der Waals surface area contributed by atoms with E-state index in [0.29, 0.717) is 6.04 Å². The minimum absolute atomic E-state index is 0.0415. The third-order valence-corrected chi connectivity index (χ3v) is 4.11. The van der Waals surface area contributed by atoms with Gasteiger partial charge in [0.15, 0.2) is 0 Å². The molecule has 0 saturated carbocycles. The number of nitrogens with one attached hydrogen (secondary N) is 2. The van der Waals surface area contributed by atoms with Gasteiger partial charge in [-0.2, -0.15) is 0 Å². The molecule has 0 radical (unpaired) electrons. The molecule has 2 aromatic carbocycles. The van der Waals surface area contributed by atoms with Crippen molar-refractivity contribution in [2.75, 3.05) is 21.3 Å². The van der Waals surface area contributed by atoms with Gasteiger partial charge >= 0.3 is 0 Å². The van der Waals surface area contributed by atoms with E-state index in [1.807, 2.05) is 43.4 Å². The maximum Gasteiger partial charge on any atom is 0.123 e. The second-order valence-corrected chi connectivity index (χ2v) is 6.05. The normalized spacial score (nSPS) is 13.6. The highest BCUT2D eigenvalue weighted by molar-refractivity contribution is 5.42. The summed E-state index contributed by atoms with van der Waals surface area (Å²) in [5, 5.41) is 7.12. The van der Waals surface area contributed by atoms with Gasteiger partial charge in [-0.05, 0) is 19.2 Å². The van der Waals surface area contributed by atoms with Gasteiger partial charge in [-0.15, -0.1) is 0 Å². The van der Waals surface area contributed by atoms with Crippen LogP contribution in [0.25, 0.3) is 0 Å². The number of benzene rings is 2. The highest BCUT2D eigenvalue weighted by atomic mass is 16.5. The highest BCUT2D eigenvalue weighted by Gasteiger charge is 2.28. The second kappa shape index (κ2) is 8.71. The van der Waals surface area contributed by atoms with Crippen molar-refractivity contribution >= 4 is 0 Å². The summed E-state index contributed by atoms with van der Waals surface area (Å²) in [6, 6.07) is 16.7. The van der Waals surface area contributed by atoms with Crippen LogP contribution in [0.2, 0.25) is 0 Å². The van der Waals surface area contributed by atoms with Gasteiger partial charge in [0.05, 0.1) is 26.3 Å². The first-order valence-corrected chi connectivity index (χ1v) is 8.31. The van der Waals surface area contributed by atoms with Crippen molar-refractivity contribution in [3.8, 4) is 11.5 Å². The molecule has 2 aromatic rings. The first-order chi connectivity index (χ1) is 11.6. The van der Waals surface area contributed by atoms with Crippen molar-refractivity contribution in [3.63, 3.8) is 0 Å². The molecule has 130 valence electrons. The van der Waals surface area contributed by atoms with E-state index < -0.39 is 0 Å². The van der Waals surface area contributed by atoms with Crippen molar-refractivity contribution in [2.24, 2.45) is 0 Å². The fourth-order valence-electron chi connectivity index (χ4n) is 3.07. The maximum atomic E-state index is 5.60. The van der Waals surface area contributed by atoms with Crippen molar-refractivity contribution in [1.82, 2.24) is 10.6 Å². The number of hydrogen-bond acceptors (Lipinski definition) is 4. The van der Waals surface area contributed by atoms with Crippen LogP contribution in [-0.4, -0.2) is 27.3 Å². The number of methoxy groups -OCH3 is 2. The average Bonchev–Trinajstić information content (AvgIpc) is 2.61. The van der Waals surface area contributed by atoms with Crippen LogP contribution in [-0.2, 0) is 0 Å². The molecule has 2 N–H and O–H groups in total. The quantitative estimate of drug-likeness (QED) is 0.775. The Labute approximate surface area is 145 Å². The van der Waals surface area contributed by atoms with Crippen molar-refractivity contribution in [1.29, 1.82) is 0 Å². The SMILES string of the molecule is CN[C@H](c1ccccc1OC)[C@H](NC(C)C)c1ccccc1OC. The molecular formula is C20H28N2O2. The Balaban J connectivity index is 2.52. The molecule has 2 atom stereocenters.